The Bertz CT molecular complexity index is 1120. The van der Waals surface area contributed by atoms with E-state index in [2.05, 4.69) is 25.7 Å². The summed E-state index contributed by atoms with van der Waals surface area (Å²) < 4.78 is 7.14. The highest BCUT2D eigenvalue weighted by molar-refractivity contribution is 7.08. The molecule has 1 saturated heterocycles. The number of nitrogens with zero attached hydrogens (tertiary/aromatic N) is 5. The van der Waals surface area contributed by atoms with Crippen molar-refractivity contribution in [3.8, 4) is 16.9 Å². The standard InChI is InChI=1S/C21H23N7OS/c22-19-17-18(15-6-13-30-14-15)24-21(23-7-8-27-9-11-29-12-10-27)25-20(17)26-28(19)16-4-2-1-3-5-16/h1-6,13-14H,7-12,22H2,(H,23,25,26). The smallest absolute Gasteiger partial charge is 0.225 e. The van der Waals surface area contributed by atoms with Gasteiger partial charge in [0.2, 0.25) is 5.95 Å². The fourth-order valence-electron chi connectivity index (χ4n) is 3.62. The second kappa shape index (κ2) is 8.39. The van der Waals surface area contributed by atoms with Crippen LogP contribution < -0.4 is 11.1 Å². The van der Waals surface area contributed by atoms with E-state index in [0.29, 0.717) is 17.4 Å². The monoisotopic (exact) mass is 421 g/mol. The number of hydrogen-bond donors (Lipinski definition) is 2. The quantitative estimate of drug-likeness (QED) is 0.494. The molecule has 1 fully saturated rings. The first-order valence-electron chi connectivity index (χ1n) is 9.98. The highest BCUT2D eigenvalue weighted by Gasteiger charge is 2.19. The number of benzene rings is 1. The van der Waals surface area contributed by atoms with Gasteiger partial charge in [-0.25, -0.2) is 9.67 Å². The average Bonchev–Trinajstić information content (AvgIpc) is 3.43. The van der Waals surface area contributed by atoms with Crippen LogP contribution in [0.1, 0.15) is 0 Å². The van der Waals surface area contributed by atoms with Crippen LogP contribution in [0.15, 0.2) is 47.2 Å². The molecule has 3 N–H and O–H groups in total. The number of ether oxygens (including phenoxy) is 1. The molecule has 0 atom stereocenters. The molecular formula is C21H23N7OS. The third-order valence-corrected chi connectivity index (χ3v) is 5.86. The van der Waals surface area contributed by atoms with Gasteiger partial charge in [-0.2, -0.15) is 16.3 Å². The molecule has 4 aromatic rings. The summed E-state index contributed by atoms with van der Waals surface area (Å²) in [6, 6.07) is 11.9. The van der Waals surface area contributed by atoms with Crippen molar-refractivity contribution < 1.29 is 4.74 Å². The molecule has 0 saturated carbocycles. The van der Waals surface area contributed by atoms with Gasteiger partial charge >= 0.3 is 0 Å². The van der Waals surface area contributed by atoms with Gasteiger partial charge in [0.05, 0.1) is 30.0 Å². The van der Waals surface area contributed by atoms with Gasteiger partial charge in [0.25, 0.3) is 0 Å². The Labute approximate surface area is 178 Å². The molecule has 3 aromatic heterocycles. The Morgan fingerprint density at radius 2 is 1.93 bits per heavy atom. The van der Waals surface area contributed by atoms with Gasteiger partial charge in [-0.1, -0.05) is 18.2 Å². The molecule has 1 aliphatic rings. The lowest BCUT2D eigenvalue weighted by Crippen LogP contribution is -2.39. The molecule has 0 bridgehead atoms. The molecular weight excluding hydrogens is 398 g/mol. The van der Waals surface area contributed by atoms with E-state index in [9.17, 15) is 0 Å². The molecule has 5 rings (SSSR count). The van der Waals surface area contributed by atoms with Gasteiger partial charge < -0.3 is 15.8 Å². The average molecular weight is 422 g/mol. The summed E-state index contributed by atoms with van der Waals surface area (Å²) in [6.07, 6.45) is 0. The molecule has 0 radical (unpaired) electrons. The molecule has 0 aliphatic carbocycles. The van der Waals surface area contributed by atoms with Crippen molar-refractivity contribution >= 4 is 34.1 Å². The van der Waals surface area contributed by atoms with E-state index >= 15 is 0 Å². The van der Waals surface area contributed by atoms with Crippen molar-refractivity contribution in [2.75, 3.05) is 50.4 Å². The van der Waals surface area contributed by atoms with Gasteiger partial charge in [0.15, 0.2) is 5.65 Å². The fraction of sp³-hybridized carbons (Fsp3) is 0.286. The third kappa shape index (κ3) is 3.74. The van der Waals surface area contributed by atoms with Crippen LogP contribution in [0.25, 0.3) is 28.0 Å². The molecule has 1 aromatic carbocycles. The van der Waals surface area contributed by atoms with Gasteiger partial charge in [-0.15, -0.1) is 5.10 Å². The SMILES string of the molecule is Nc1c2c(-c3ccsc3)nc(NCCN3CCOCC3)nc2nn1-c1ccccc1. The summed E-state index contributed by atoms with van der Waals surface area (Å²) in [5, 5.41) is 12.9. The summed E-state index contributed by atoms with van der Waals surface area (Å²) in [5.74, 6) is 1.10. The summed E-state index contributed by atoms with van der Waals surface area (Å²) in [6.45, 7) is 5.17. The highest BCUT2D eigenvalue weighted by Crippen LogP contribution is 2.33. The zero-order valence-electron chi connectivity index (χ0n) is 16.5. The van der Waals surface area contributed by atoms with Crippen molar-refractivity contribution in [3.05, 3.63) is 47.2 Å². The van der Waals surface area contributed by atoms with Crippen molar-refractivity contribution in [2.45, 2.75) is 0 Å². The molecule has 4 heterocycles. The second-order valence-corrected chi connectivity index (χ2v) is 7.90. The largest absolute Gasteiger partial charge is 0.383 e. The number of nitrogens with two attached hydrogens (primary N) is 1. The Hall–Kier alpha value is -3.01. The topological polar surface area (TPSA) is 94.1 Å². The van der Waals surface area contributed by atoms with Gasteiger partial charge in [0.1, 0.15) is 5.82 Å². The second-order valence-electron chi connectivity index (χ2n) is 7.12. The van der Waals surface area contributed by atoms with Crippen molar-refractivity contribution in [1.29, 1.82) is 0 Å². The maximum absolute atomic E-state index is 6.51. The number of anilines is 2. The number of fused-ring (bicyclic) bond motifs is 1. The molecule has 0 amide bonds. The normalized spacial score (nSPS) is 14.9. The highest BCUT2D eigenvalue weighted by atomic mass is 32.1. The minimum atomic E-state index is 0.539. The zero-order chi connectivity index (χ0) is 20.3. The summed E-state index contributed by atoms with van der Waals surface area (Å²) in [7, 11) is 0. The first-order chi connectivity index (χ1) is 14.8. The van der Waals surface area contributed by atoms with Crippen LogP contribution in [0.5, 0.6) is 0 Å². The third-order valence-electron chi connectivity index (χ3n) is 5.18. The van der Waals surface area contributed by atoms with Crippen LogP contribution in [-0.4, -0.2) is 64.0 Å². The molecule has 30 heavy (non-hydrogen) atoms. The van der Waals surface area contributed by atoms with Crippen LogP contribution in [-0.2, 0) is 4.74 Å². The van der Waals surface area contributed by atoms with E-state index in [1.165, 1.54) is 0 Å². The lowest BCUT2D eigenvalue weighted by molar-refractivity contribution is 0.0398. The Kier molecular flexibility index (Phi) is 5.31. The molecule has 1 aliphatic heterocycles. The van der Waals surface area contributed by atoms with E-state index in [1.807, 2.05) is 41.8 Å². The number of thiophene rings is 1. The number of hydrogen-bond acceptors (Lipinski definition) is 8. The number of para-hydroxylation sites is 1. The fourth-order valence-corrected chi connectivity index (χ4v) is 4.26. The lowest BCUT2D eigenvalue weighted by atomic mass is 10.1. The van der Waals surface area contributed by atoms with Crippen LogP contribution >= 0.6 is 11.3 Å². The number of nitrogens with one attached hydrogen (secondary N) is 1. The minimum absolute atomic E-state index is 0.539. The summed E-state index contributed by atoms with van der Waals surface area (Å²) in [5.41, 5.74) is 9.81. The number of aromatic nitrogens is 4. The van der Waals surface area contributed by atoms with E-state index in [0.717, 1.165) is 61.7 Å². The Balaban J connectivity index is 1.49. The number of morpholine rings is 1. The Morgan fingerprint density at radius 3 is 2.70 bits per heavy atom. The first kappa shape index (κ1) is 19.0. The minimum Gasteiger partial charge on any atom is -0.383 e. The first-order valence-corrected chi connectivity index (χ1v) is 10.9. The van der Waals surface area contributed by atoms with Gasteiger partial charge in [0, 0.05) is 37.1 Å². The summed E-state index contributed by atoms with van der Waals surface area (Å²) in [4.78, 5) is 11.8. The Morgan fingerprint density at radius 1 is 1.10 bits per heavy atom. The molecule has 154 valence electrons. The maximum Gasteiger partial charge on any atom is 0.225 e. The maximum atomic E-state index is 6.51. The predicted octanol–water partition coefficient (Wildman–Crippen LogP) is 2.87. The van der Waals surface area contributed by atoms with E-state index in [1.54, 1.807) is 16.0 Å². The number of rotatable bonds is 6. The summed E-state index contributed by atoms with van der Waals surface area (Å²) >= 11 is 1.63. The molecule has 9 heteroatoms. The van der Waals surface area contributed by atoms with Crippen molar-refractivity contribution in [1.82, 2.24) is 24.6 Å². The lowest BCUT2D eigenvalue weighted by Gasteiger charge is -2.26. The molecule has 8 nitrogen and oxygen atoms in total. The van der Waals surface area contributed by atoms with Crippen LogP contribution in [0.3, 0.4) is 0 Å². The van der Waals surface area contributed by atoms with E-state index in [-0.39, 0.29) is 0 Å². The van der Waals surface area contributed by atoms with Gasteiger partial charge in [-0.3, -0.25) is 4.90 Å². The van der Waals surface area contributed by atoms with Crippen LogP contribution in [0, 0.1) is 0 Å². The predicted molar refractivity (Wildman–Crippen MR) is 120 cm³/mol. The van der Waals surface area contributed by atoms with Crippen LogP contribution in [0.2, 0.25) is 0 Å². The van der Waals surface area contributed by atoms with Crippen LogP contribution in [0.4, 0.5) is 11.8 Å². The zero-order valence-corrected chi connectivity index (χ0v) is 17.3. The van der Waals surface area contributed by atoms with Crippen molar-refractivity contribution in [3.63, 3.8) is 0 Å². The van der Waals surface area contributed by atoms with Crippen molar-refractivity contribution in [2.24, 2.45) is 0 Å². The van der Waals surface area contributed by atoms with Gasteiger partial charge in [-0.05, 0) is 23.6 Å². The molecule has 0 unspecified atom stereocenters. The van der Waals surface area contributed by atoms with E-state index in [4.69, 9.17) is 15.5 Å². The van der Waals surface area contributed by atoms with E-state index < -0.39 is 0 Å². The number of nitrogen functional groups attached to an aromatic ring is 1. The molecule has 0 spiro atoms.